The van der Waals surface area contributed by atoms with Gasteiger partial charge in [-0.1, -0.05) is 58.5 Å². The molecular formula is C28H37Cl2FN2. The molecule has 0 saturated heterocycles. The predicted octanol–water partition coefficient (Wildman–Crippen LogP) is 8.65. The molecule has 5 heteroatoms. The smallest absolute Gasteiger partial charge is 0.134 e. The highest BCUT2D eigenvalue weighted by molar-refractivity contribution is 6.52. The summed E-state index contributed by atoms with van der Waals surface area (Å²) in [4.78, 5) is 0. The number of rotatable bonds is 9. The van der Waals surface area contributed by atoms with Crippen LogP contribution in [0.25, 0.3) is 5.70 Å². The average molecular weight is 492 g/mol. The van der Waals surface area contributed by atoms with Crippen molar-refractivity contribution in [2.45, 2.75) is 64.6 Å². The van der Waals surface area contributed by atoms with Crippen LogP contribution in [0.1, 0.15) is 67.3 Å². The molecule has 2 N–H and O–H groups in total. The van der Waals surface area contributed by atoms with Crippen LogP contribution in [0.2, 0.25) is 0 Å². The van der Waals surface area contributed by atoms with Gasteiger partial charge in [-0.15, -0.1) is 23.2 Å². The van der Waals surface area contributed by atoms with Gasteiger partial charge in [0.05, 0.1) is 0 Å². The number of hydrogen-bond acceptors (Lipinski definition) is 2. The molecule has 3 rings (SSSR count). The fraction of sp³-hybridized carbons (Fsp3) is 0.429. The Morgan fingerprint density at radius 2 is 1.73 bits per heavy atom. The number of unbranched alkanes of at least 4 members (excludes halogenated alkanes) is 1. The summed E-state index contributed by atoms with van der Waals surface area (Å²) in [5.74, 6) is -0.483. The Bertz CT molecular complexity index is 1010. The van der Waals surface area contributed by atoms with E-state index in [0.29, 0.717) is 11.3 Å². The molecule has 1 saturated carbocycles. The number of alkyl halides is 2. The van der Waals surface area contributed by atoms with E-state index in [1.54, 1.807) is 6.07 Å². The Labute approximate surface area is 209 Å². The maximum absolute atomic E-state index is 14.6. The first-order chi connectivity index (χ1) is 15.6. The van der Waals surface area contributed by atoms with E-state index in [4.69, 9.17) is 23.2 Å². The quantitative estimate of drug-likeness (QED) is 0.271. The lowest BCUT2D eigenvalue weighted by atomic mass is 10.0. The lowest BCUT2D eigenvalue weighted by molar-refractivity contribution is 0.620. The zero-order valence-corrected chi connectivity index (χ0v) is 22.2. The molecule has 33 heavy (non-hydrogen) atoms. The van der Waals surface area contributed by atoms with E-state index >= 15 is 0 Å². The van der Waals surface area contributed by atoms with Gasteiger partial charge in [0.1, 0.15) is 10.2 Å². The topological polar surface area (TPSA) is 24.1 Å². The second kappa shape index (κ2) is 11.4. The molecule has 0 radical (unpaired) electrons. The molecule has 0 bridgehead atoms. The van der Waals surface area contributed by atoms with Crippen molar-refractivity contribution in [2.75, 3.05) is 11.9 Å². The normalized spacial score (nSPS) is 18.1. The molecule has 0 heterocycles. The van der Waals surface area contributed by atoms with Crippen LogP contribution in [0.5, 0.6) is 0 Å². The van der Waals surface area contributed by atoms with E-state index in [2.05, 4.69) is 62.8 Å². The van der Waals surface area contributed by atoms with Gasteiger partial charge in [0.25, 0.3) is 0 Å². The van der Waals surface area contributed by atoms with Crippen molar-refractivity contribution in [3.05, 3.63) is 82.8 Å². The third kappa shape index (κ3) is 5.94. The summed E-state index contributed by atoms with van der Waals surface area (Å²) in [6.45, 7) is 21.2. The fourth-order valence-electron chi connectivity index (χ4n) is 4.07. The standard InChI is InChI=1S/C26H31Cl2FN2.C2H6/c1-7-8-13-30-18(5)23-17(4)22(12-11-21(23)29)31-19(6)24-25(26(24,27)28)20-10-9-15(2)16(3)14-20;1-2/h9-12,14,24-25,30-31H,5-8,13H2,1-4H3;1-2H3. The van der Waals surface area contributed by atoms with Crippen LogP contribution in [0, 0.1) is 32.5 Å². The van der Waals surface area contributed by atoms with Crippen LogP contribution in [0.3, 0.4) is 0 Å². The van der Waals surface area contributed by atoms with Crippen molar-refractivity contribution < 1.29 is 4.39 Å². The van der Waals surface area contributed by atoms with Crippen molar-refractivity contribution in [3.8, 4) is 0 Å². The predicted molar refractivity (Wildman–Crippen MR) is 144 cm³/mol. The number of hydrogen-bond donors (Lipinski definition) is 2. The van der Waals surface area contributed by atoms with Crippen LogP contribution < -0.4 is 10.6 Å². The van der Waals surface area contributed by atoms with Gasteiger partial charge in [-0.05, 0) is 61.6 Å². The monoisotopic (exact) mass is 490 g/mol. The summed E-state index contributed by atoms with van der Waals surface area (Å²) in [7, 11) is 0. The molecule has 2 unspecified atom stereocenters. The lowest BCUT2D eigenvalue weighted by Gasteiger charge is -2.18. The van der Waals surface area contributed by atoms with Gasteiger partial charge in [-0.2, -0.15) is 0 Å². The Kier molecular flexibility index (Phi) is 9.46. The minimum absolute atomic E-state index is 0.0407. The van der Waals surface area contributed by atoms with Gasteiger partial charge in [-0.25, -0.2) is 4.39 Å². The van der Waals surface area contributed by atoms with Crippen LogP contribution in [-0.2, 0) is 0 Å². The number of allylic oxidation sites excluding steroid dienone is 1. The van der Waals surface area contributed by atoms with E-state index in [-0.39, 0.29) is 17.7 Å². The summed E-state index contributed by atoms with van der Waals surface area (Å²) in [6.07, 6.45) is 2.06. The average Bonchev–Trinajstić information content (AvgIpc) is 3.36. The number of aryl methyl sites for hydroxylation is 2. The van der Waals surface area contributed by atoms with E-state index in [1.165, 1.54) is 17.2 Å². The minimum atomic E-state index is -0.923. The summed E-state index contributed by atoms with van der Waals surface area (Å²) in [5.41, 5.74) is 6.88. The van der Waals surface area contributed by atoms with Crippen LogP contribution >= 0.6 is 23.2 Å². The molecule has 0 aliphatic heterocycles. The second-order valence-electron chi connectivity index (χ2n) is 8.48. The molecule has 2 aromatic carbocycles. The van der Waals surface area contributed by atoms with Crippen molar-refractivity contribution >= 4 is 34.6 Å². The van der Waals surface area contributed by atoms with Crippen molar-refractivity contribution in [1.29, 1.82) is 0 Å². The Balaban J connectivity index is 0.00000187. The molecule has 2 nitrogen and oxygen atoms in total. The summed E-state index contributed by atoms with van der Waals surface area (Å²) >= 11 is 13.3. The van der Waals surface area contributed by atoms with Crippen LogP contribution in [0.4, 0.5) is 10.1 Å². The fourth-order valence-corrected chi connectivity index (χ4v) is 4.97. The van der Waals surface area contributed by atoms with Crippen LogP contribution in [-0.4, -0.2) is 10.9 Å². The first-order valence-corrected chi connectivity index (χ1v) is 12.5. The Morgan fingerprint density at radius 3 is 2.33 bits per heavy atom. The Morgan fingerprint density at radius 1 is 1.06 bits per heavy atom. The second-order valence-corrected chi connectivity index (χ2v) is 9.92. The maximum Gasteiger partial charge on any atom is 0.134 e. The zero-order chi connectivity index (χ0) is 24.9. The van der Waals surface area contributed by atoms with E-state index < -0.39 is 4.33 Å². The van der Waals surface area contributed by atoms with Gasteiger partial charge in [0.2, 0.25) is 0 Å². The molecule has 1 aliphatic rings. The summed E-state index contributed by atoms with van der Waals surface area (Å²) in [5, 5.41) is 6.57. The minimum Gasteiger partial charge on any atom is -0.385 e. The van der Waals surface area contributed by atoms with Crippen molar-refractivity contribution in [2.24, 2.45) is 5.92 Å². The maximum atomic E-state index is 14.6. The summed E-state index contributed by atoms with van der Waals surface area (Å²) < 4.78 is 13.7. The van der Waals surface area contributed by atoms with E-state index in [1.807, 2.05) is 20.8 Å². The molecule has 0 aromatic heterocycles. The van der Waals surface area contributed by atoms with Gasteiger partial charge in [-0.3, -0.25) is 0 Å². The molecule has 180 valence electrons. The van der Waals surface area contributed by atoms with E-state index in [9.17, 15) is 4.39 Å². The van der Waals surface area contributed by atoms with Gasteiger partial charge < -0.3 is 10.6 Å². The third-order valence-corrected chi connectivity index (χ3v) is 7.14. The van der Waals surface area contributed by atoms with Gasteiger partial charge >= 0.3 is 0 Å². The lowest BCUT2D eigenvalue weighted by Crippen LogP contribution is -2.15. The molecule has 1 fully saturated rings. The highest BCUT2D eigenvalue weighted by Crippen LogP contribution is 2.67. The van der Waals surface area contributed by atoms with Crippen molar-refractivity contribution in [3.63, 3.8) is 0 Å². The SMILES string of the molecule is C=C(NCCCC)c1c(F)ccc(NC(=C)C2C(c3ccc(C)c(C)c3)C2(Cl)Cl)c1C.CC. The molecule has 2 aromatic rings. The first-order valence-electron chi connectivity index (χ1n) is 11.7. The first kappa shape index (κ1) is 27.3. The third-order valence-electron chi connectivity index (χ3n) is 6.20. The van der Waals surface area contributed by atoms with Crippen molar-refractivity contribution in [1.82, 2.24) is 5.32 Å². The molecule has 0 amide bonds. The molecular weight excluding hydrogens is 454 g/mol. The number of benzene rings is 2. The van der Waals surface area contributed by atoms with Gasteiger partial charge in [0.15, 0.2) is 0 Å². The van der Waals surface area contributed by atoms with E-state index in [0.717, 1.165) is 41.9 Å². The number of anilines is 1. The summed E-state index contributed by atoms with van der Waals surface area (Å²) in [6, 6.07) is 9.48. The number of halogens is 3. The Hall–Kier alpha value is -1.97. The molecule has 2 atom stereocenters. The largest absolute Gasteiger partial charge is 0.385 e. The van der Waals surface area contributed by atoms with Crippen LogP contribution in [0.15, 0.2) is 49.2 Å². The highest BCUT2D eigenvalue weighted by atomic mass is 35.5. The molecule has 1 aliphatic carbocycles. The zero-order valence-electron chi connectivity index (χ0n) is 20.7. The number of nitrogens with one attached hydrogen (secondary N) is 2. The van der Waals surface area contributed by atoms with Gasteiger partial charge in [0, 0.05) is 41.0 Å². The molecule has 0 spiro atoms. The highest BCUT2D eigenvalue weighted by Gasteiger charge is 2.65.